The van der Waals surface area contributed by atoms with Crippen LogP contribution in [0.25, 0.3) is 16.9 Å². The Hall–Kier alpha value is -4.26. The number of ketones is 2. The number of alkyl halides is 1. The molecule has 0 aromatic heterocycles. The van der Waals surface area contributed by atoms with Gasteiger partial charge in [0.15, 0.2) is 11.4 Å². The van der Waals surface area contributed by atoms with Gasteiger partial charge >= 0.3 is 0 Å². The van der Waals surface area contributed by atoms with E-state index in [2.05, 4.69) is 5.32 Å². The molecule has 3 aliphatic rings. The molecule has 5 rings (SSSR count). The lowest BCUT2D eigenvalue weighted by Gasteiger charge is -2.50. The van der Waals surface area contributed by atoms with Gasteiger partial charge in [0.2, 0.25) is 5.78 Å². The molecule has 2 aromatic rings. The highest BCUT2D eigenvalue weighted by molar-refractivity contribution is 6.24. The van der Waals surface area contributed by atoms with E-state index in [-0.39, 0.29) is 36.3 Å². The van der Waals surface area contributed by atoms with Crippen LogP contribution in [0.15, 0.2) is 47.2 Å². The van der Waals surface area contributed by atoms with Crippen LogP contribution >= 0.6 is 0 Å². The standard InChI is InChI=1S/C31H34FN3O8/c1-35(2)25-19-12-15-11-18-16(17-10-14(13-34-9-8-32)4-7-21(17)43-3)5-6-20(36)23(18)26(37)22(15)28(39)31(19,42)29(40)24(27(25)38)30(33)41/h4-7,10,15,19,25,34,36-37,40,42H,8-9,11-13H2,1-3H3,(H2,33,41)/t15-,19+,25?,31+/m0/s1. The Kier molecular flexibility index (Phi) is 7.80. The van der Waals surface area contributed by atoms with Crippen LogP contribution in [-0.2, 0) is 27.3 Å². The van der Waals surface area contributed by atoms with Crippen molar-refractivity contribution < 1.29 is 43.9 Å². The van der Waals surface area contributed by atoms with E-state index in [0.717, 1.165) is 5.56 Å². The van der Waals surface area contributed by atoms with E-state index in [4.69, 9.17) is 10.5 Å². The number of ether oxygens (including phenoxy) is 1. The Bertz CT molecular complexity index is 1600. The van der Waals surface area contributed by atoms with Crippen LogP contribution in [0.5, 0.6) is 11.5 Å². The summed E-state index contributed by atoms with van der Waals surface area (Å²) >= 11 is 0. The third-order valence-electron chi connectivity index (χ3n) is 8.76. The molecule has 0 spiro atoms. The number of hydrogen-bond donors (Lipinski definition) is 6. The van der Waals surface area contributed by atoms with Gasteiger partial charge in [0, 0.05) is 30.1 Å². The lowest BCUT2D eigenvalue weighted by molar-refractivity contribution is -0.153. The quantitative estimate of drug-likeness (QED) is 0.194. The molecule has 0 radical (unpaired) electrons. The summed E-state index contributed by atoms with van der Waals surface area (Å²) in [6.45, 7) is 0.0528. The number of phenolic OH excluding ortho intramolecular Hbond substituents is 1. The number of carbonyl (C=O) groups is 3. The molecule has 7 N–H and O–H groups in total. The van der Waals surface area contributed by atoms with Crippen molar-refractivity contribution in [2.24, 2.45) is 17.6 Å². The molecule has 1 fully saturated rings. The zero-order chi connectivity index (χ0) is 31.4. The average Bonchev–Trinajstić information content (AvgIpc) is 2.95. The zero-order valence-corrected chi connectivity index (χ0v) is 24.0. The van der Waals surface area contributed by atoms with Gasteiger partial charge in [-0.15, -0.1) is 0 Å². The van der Waals surface area contributed by atoms with Gasteiger partial charge in [-0.25, -0.2) is 4.39 Å². The molecule has 0 aliphatic heterocycles. The van der Waals surface area contributed by atoms with Crippen molar-refractivity contribution in [3.8, 4) is 22.6 Å². The number of nitrogens with one attached hydrogen (secondary N) is 1. The monoisotopic (exact) mass is 595 g/mol. The number of amides is 1. The van der Waals surface area contributed by atoms with Gasteiger partial charge < -0.3 is 36.2 Å². The normalized spacial score (nSPS) is 25.0. The number of aliphatic hydroxyl groups excluding tert-OH is 2. The molecule has 2 aromatic carbocycles. The number of hydrogen-bond acceptors (Lipinski definition) is 10. The predicted octanol–water partition coefficient (Wildman–Crippen LogP) is 1.70. The predicted molar refractivity (Wildman–Crippen MR) is 154 cm³/mol. The first-order valence-electron chi connectivity index (χ1n) is 13.8. The number of nitrogens with zero attached hydrogens (tertiary/aromatic N) is 1. The van der Waals surface area contributed by atoms with Crippen molar-refractivity contribution in [1.29, 1.82) is 0 Å². The van der Waals surface area contributed by atoms with Crippen LogP contribution in [0.1, 0.15) is 23.1 Å². The minimum Gasteiger partial charge on any atom is -0.508 e. The number of nitrogens with two attached hydrogens (primary N) is 1. The van der Waals surface area contributed by atoms with E-state index in [0.29, 0.717) is 29.0 Å². The van der Waals surface area contributed by atoms with E-state index in [1.54, 1.807) is 26.2 Å². The molecule has 1 saturated carbocycles. The molecule has 1 unspecified atom stereocenters. The Morgan fingerprint density at radius 1 is 1.16 bits per heavy atom. The number of carbonyl (C=O) groups excluding carboxylic acids is 3. The number of halogens is 1. The fourth-order valence-electron chi connectivity index (χ4n) is 6.87. The second-order valence-electron chi connectivity index (χ2n) is 11.3. The summed E-state index contributed by atoms with van der Waals surface area (Å²) in [6, 6.07) is 7.31. The lowest BCUT2D eigenvalue weighted by atomic mass is 9.57. The summed E-state index contributed by atoms with van der Waals surface area (Å²) < 4.78 is 18.3. The van der Waals surface area contributed by atoms with E-state index in [9.17, 15) is 39.2 Å². The molecule has 43 heavy (non-hydrogen) atoms. The maximum Gasteiger partial charge on any atom is 0.255 e. The highest BCUT2D eigenvalue weighted by atomic mass is 19.1. The van der Waals surface area contributed by atoms with E-state index in [1.165, 1.54) is 18.1 Å². The maximum absolute atomic E-state index is 14.0. The second kappa shape index (κ2) is 11.1. The SMILES string of the molecule is COc1ccc(CNCCF)cc1-c1ccc(O)c2c1C[C@H]1C[C@@H]3C(N(C)C)C(=O)C(C(N)=O)=C(O)[C@]3(O)C(=O)C1=C2O. The van der Waals surface area contributed by atoms with E-state index < -0.39 is 64.7 Å². The van der Waals surface area contributed by atoms with Gasteiger partial charge in [-0.2, -0.15) is 0 Å². The molecular weight excluding hydrogens is 561 g/mol. The van der Waals surface area contributed by atoms with Crippen LogP contribution in [0, 0.1) is 11.8 Å². The maximum atomic E-state index is 14.0. The van der Waals surface area contributed by atoms with Crippen LogP contribution in [0.3, 0.4) is 0 Å². The fourth-order valence-corrected chi connectivity index (χ4v) is 6.87. The minimum atomic E-state index is -2.71. The average molecular weight is 596 g/mol. The molecule has 3 aliphatic carbocycles. The van der Waals surface area contributed by atoms with Crippen molar-refractivity contribution >= 4 is 23.2 Å². The number of aromatic hydroxyl groups is 1. The summed E-state index contributed by atoms with van der Waals surface area (Å²) in [5.41, 5.74) is 4.16. The van der Waals surface area contributed by atoms with E-state index in [1.807, 2.05) is 12.1 Å². The summed E-state index contributed by atoms with van der Waals surface area (Å²) in [7, 11) is 4.60. The summed E-state index contributed by atoms with van der Waals surface area (Å²) in [5, 5.41) is 48.2. The first-order valence-corrected chi connectivity index (χ1v) is 13.8. The van der Waals surface area contributed by atoms with Gasteiger partial charge in [-0.3, -0.25) is 19.3 Å². The number of benzene rings is 2. The smallest absolute Gasteiger partial charge is 0.255 e. The molecule has 11 nitrogen and oxygen atoms in total. The van der Waals surface area contributed by atoms with E-state index >= 15 is 0 Å². The topological polar surface area (TPSA) is 183 Å². The molecule has 1 amide bonds. The first-order chi connectivity index (χ1) is 20.4. The van der Waals surface area contributed by atoms with Crippen molar-refractivity contribution in [3.05, 3.63) is 63.9 Å². The third-order valence-corrected chi connectivity index (χ3v) is 8.76. The van der Waals surface area contributed by atoms with Crippen LogP contribution in [0.2, 0.25) is 0 Å². The van der Waals surface area contributed by atoms with Gasteiger partial charge in [-0.05, 0) is 67.7 Å². The Morgan fingerprint density at radius 3 is 2.51 bits per heavy atom. The number of phenols is 1. The highest BCUT2D eigenvalue weighted by Crippen LogP contribution is 2.54. The molecule has 228 valence electrons. The first kappa shape index (κ1) is 30.2. The Labute approximate surface area is 247 Å². The van der Waals surface area contributed by atoms with Gasteiger partial charge in [-0.1, -0.05) is 12.1 Å². The molecular formula is C31H34FN3O8. The third kappa shape index (κ3) is 4.57. The Balaban J connectivity index is 1.69. The second-order valence-corrected chi connectivity index (χ2v) is 11.3. The summed E-state index contributed by atoms with van der Waals surface area (Å²) in [5.74, 6) is -6.59. The van der Waals surface area contributed by atoms with Gasteiger partial charge in [0.1, 0.15) is 35.3 Å². The summed E-state index contributed by atoms with van der Waals surface area (Å²) in [6.07, 6.45) is 0.108. The number of methoxy groups -OCH3 is 1. The molecule has 0 heterocycles. The number of likely N-dealkylation sites (N-methyl/N-ethyl adjacent to an activating group) is 1. The van der Waals surface area contributed by atoms with Crippen molar-refractivity contribution in [2.45, 2.75) is 31.0 Å². The van der Waals surface area contributed by atoms with Crippen molar-refractivity contribution in [2.75, 3.05) is 34.4 Å². The van der Waals surface area contributed by atoms with Gasteiger partial charge in [0.25, 0.3) is 5.91 Å². The zero-order valence-electron chi connectivity index (χ0n) is 24.0. The number of fused-ring (bicyclic) bond motifs is 3. The number of Topliss-reactive ketones (excluding diaryl/α,β-unsaturated/α-hetero) is 2. The largest absolute Gasteiger partial charge is 0.508 e. The molecule has 0 saturated heterocycles. The lowest BCUT2D eigenvalue weighted by Crippen LogP contribution is -2.65. The molecule has 4 atom stereocenters. The number of primary amides is 1. The Morgan fingerprint density at radius 2 is 1.88 bits per heavy atom. The van der Waals surface area contributed by atoms with Crippen LogP contribution < -0.4 is 15.8 Å². The fraction of sp³-hybridized carbons (Fsp3) is 0.387. The highest BCUT2D eigenvalue weighted by Gasteiger charge is 2.64. The number of rotatable bonds is 8. The molecule has 12 heteroatoms. The summed E-state index contributed by atoms with van der Waals surface area (Å²) in [4.78, 5) is 41.0. The van der Waals surface area contributed by atoms with Crippen LogP contribution in [0.4, 0.5) is 4.39 Å². The van der Waals surface area contributed by atoms with Gasteiger partial charge in [0.05, 0.1) is 18.7 Å². The van der Waals surface area contributed by atoms with Crippen LogP contribution in [-0.4, -0.2) is 88.9 Å². The number of aliphatic hydroxyl groups is 3. The van der Waals surface area contributed by atoms with Crippen molar-refractivity contribution in [3.63, 3.8) is 0 Å². The van der Waals surface area contributed by atoms with Crippen molar-refractivity contribution in [1.82, 2.24) is 10.2 Å². The minimum absolute atomic E-state index is 0.0169. The molecule has 0 bridgehead atoms.